The second-order valence-electron chi connectivity index (χ2n) is 7.37. The minimum atomic E-state index is -0.860. The SMILES string of the molecule is COC(=O)[C@H](Cc1ccccc1)NC(=O)[C@@H](N)Cc1ccc(C(=O)N2C=CN=CC2)cc1. The van der Waals surface area contributed by atoms with Gasteiger partial charge in [-0.25, -0.2) is 4.79 Å². The predicted octanol–water partition coefficient (Wildman–Crippen LogP) is 1.45. The zero-order valence-corrected chi connectivity index (χ0v) is 17.8. The first kappa shape index (κ1) is 22.9. The molecule has 1 aliphatic heterocycles. The molecule has 0 unspecified atom stereocenters. The molecule has 2 aromatic rings. The van der Waals surface area contributed by atoms with E-state index in [1.165, 1.54) is 7.11 Å². The van der Waals surface area contributed by atoms with E-state index in [9.17, 15) is 14.4 Å². The predicted molar refractivity (Wildman–Crippen MR) is 121 cm³/mol. The Hall–Kier alpha value is -3.78. The van der Waals surface area contributed by atoms with E-state index in [2.05, 4.69) is 10.3 Å². The van der Waals surface area contributed by atoms with Gasteiger partial charge in [-0.15, -0.1) is 0 Å². The molecular formula is C24H26N4O4. The van der Waals surface area contributed by atoms with E-state index in [1.54, 1.807) is 47.8 Å². The van der Waals surface area contributed by atoms with Crippen LogP contribution in [0.25, 0.3) is 0 Å². The van der Waals surface area contributed by atoms with Crippen molar-refractivity contribution in [1.82, 2.24) is 10.2 Å². The van der Waals surface area contributed by atoms with Crippen molar-refractivity contribution in [2.24, 2.45) is 10.7 Å². The molecule has 3 rings (SSSR count). The normalized spacial score (nSPS) is 14.5. The van der Waals surface area contributed by atoms with Crippen LogP contribution in [0.5, 0.6) is 0 Å². The van der Waals surface area contributed by atoms with Gasteiger partial charge in [0.2, 0.25) is 5.91 Å². The minimum absolute atomic E-state index is 0.136. The van der Waals surface area contributed by atoms with Gasteiger partial charge >= 0.3 is 5.97 Å². The molecule has 0 bridgehead atoms. The lowest BCUT2D eigenvalue weighted by Crippen LogP contribution is -2.50. The van der Waals surface area contributed by atoms with Crippen LogP contribution in [0.3, 0.4) is 0 Å². The van der Waals surface area contributed by atoms with Crippen LogP contribution in [-0.2, 0) is 27.2 Å². The number of carbonyl (C=O) groups is 3. The van der Waals surface area contributed by atoms with E-state index in [0.29, 0.717) is 18.5 Å². The maximum Gasteiger partial charge on any atom is 0.328 e. The van der Waals surface area contributed by atoms with Gasteiger partial charge in [-0.1, -0.05) is 42.5 Å². The van der Waals surface area contributed by atoms with Crippen LogP contribution < -0.4 is 11.1 Å². The first-order valence-electron chi connectivity index (χ1n) is 10.2. The second-order valence-corrected chi connectivity index (χ2v) is 7.37. The molecule has 0 fully saturated rings. The Bertz CT molecular complexity index is 1000. The number of nitrogens with one attached hydrogen (secondary N) is 1. The summed E-state index contributed by atoms with van der Waals surface area (Å²) in [5.74, 6) is -1.12. The molecule has 1 aliphatic rings. The molecule has 0 radical (unpaired) electrons. The van der Waals surface area contributed by atoms with E-state index >= 15 is 0 Å². The number of esters is 1. The number of carbonyl (C=O) groups excluding carboxylic acids is 3. The number of nitrogens with two attached hydrogens (primary N) is 1. The Labute approximate surface area is 186 Å². The largest absolute Gasteiger partial charge is 0.467 e. The molecule has 166 valence electrons. The molecule has 32 heavy (non-hydrogen) atoms. The molecule has 0 saturated heterocycles. The van der Waals surface area contributed by atoms with Gasteiger partial charge < -0.3 is 20.7 Å². The quantitative estimate of drug-likeness (QED) is 0.611. The summed E-state index contributed by atoms with van der Waals surface area (Å²) < 4.78 is 4.83. The van der Waals surface area contributed by atoms with Gasteiger partial charge in [0.05, 0.1) is 19.7 Å². The third-order valence-corrected chi connectivity index (χ3v) is 5.06. The first-order valence-corrected chi connectivity index (χ1v) is 10.2. The summed E-state index contributed by atoms with van der Waals surface area (Å²) >= 11 is 0. The lowest BCUT2D eigenvalue weighted by atomic mass is 10.0. The Balaban J connectivity index is 1.58. The zero-order chi connectivity index (χ0) is 22.9. The molecule has 8 nitrogen and oxygen atoms in total. The molecule has 0 saturated carbocycles. The fraction of sp³-hybridized carbons (Fsp3) is 0.250. The molecule has 2 amide bonds. The van der Waals surface area contributed by atoms with E-state index in [1.807, 2.05) is 30.3 Å². The van der Waals surface area contributed by atoms with Crippen molar-refractivity contribution in [3.05, 3.63) is 83.7 Å². The molecule has 8 heteroatoms. The monoisotopic (exact) mass is 434 g/mol. The third kappa shape index (κ3) is 6.12. The van der Waals surface area contributed by atoms with Crippen molar-refractivity contribution >= 4 is 24.0 Å². The maximum absolute atomic E-state index is 12.6. The van der Waals surface area contributed by atoms with E-state index in [4.69, 9.17) is 10.5 Å². The molecule has 3 N–H and O–H groups in total. The summed E-state index contributed by atoms with van der Waals surface area (Å²) in [6.45, 7) is 0.423. The van der Waals surface area contributed by atoms with Gasteiger partial charge in [0.1, 0.15) is 6.04 Å². The van der Waals surface area contributed by atoms with Gasteiger partial charge in [0, 0.05) is 30.6 Å². The van der Waals surface area contributed by atoms with Crippen molar-refractivity contribution in [3.8, 4) is 0 Å². The number of rotatable bonds is 8. The van der Waals surface area contributed by atoms with Crippen LogP contribution in [0.2, 0.25) is 0 Å². The van der Waals surface area contributed by atoms with Crippen LogP contribution in [0.4, 0.5) is 0 Å². The lowest BCUT2D eigenvalue weighted by Gasteiger charge is -2.20. The lowest BCUT2D eigenvalue weighted by molar-refractivity contribution is -0.145. The van der Waals surface area contributed by atoms with Crippen molar-refractivity contribution in [3.63, 3.8) is 0 Å². The number of aliphatic imine (C=N–C) groups is 1. The topological polar surface area (TPSA) is 114 Å². The van der Waals surface area contributed by atoms with Crippen LogP contribution in [0.1, 0.15) is 21.5 Å². The summed E-state index contributed by atoms with van der Waals surface area (Å²) in [6, 6.07) is 14.6. The van der Waals surface area contributed by atoms with Crippen LogP contribution >= 0.6 is 0 Å². The maximum atomic E-state index is 12.6. The Kier molecular flexibility index (Phi) is 7.88. The molecule has 0 spiro atoms. The van der Waals surface area contributed by atoms with E-state index < -0.39 is 24.0 Å². The Morgan fingerprint density at radius 2 is 1.75 bits per heavy atom. The van der Waals surface area contributed by atoms with Gasteiger partial charge in [-0.05, 0) is 29.7 Å². The molecule has 0 aliphatic carbocycles. The van der Waals surface area contributed by atoms with Gasteiger partial charge in [0.25, 0.3) is 5.91 Å². The second kappa shape index (κ2) is 11.0. The molecule has 1 heterocycles. The standard InChI is InChI=1S/C24H26N4O4/c1-32-24(31)21(16-17-5-3-2-4-6-17)27-22(29)20(25)15-18-7-9-19(10-8-18)23(30)28-13-11-26-12-14-28/h2-13,20-21H,14-16,25H2,1H3,(H,27,29)/t20-,21-/m0/s1. The fourth-order valence-electron chi connectivity index (χ4n) is 3.29. The van der Waals surface area contributed by atoms with Crippen LogP contribution in [0.15, 0.2) is 72.0 Å². The summed E-state index contributed by atoms with van der Waals surface area (Å²) in [5.41, 5.74) is 8.31. The van der Waals surface area contributed by atoms with Crippen molar-refractivity contribution < 1.29 is 19.1 Å². The fourth-order valence-corrected chi connectivity index (χ4v) is 3.29. The highest BCUT2D eigenvalue weighted by Crippen LogP contribution is 2.11. The summed E-state index contributed by atoms with van der Waals surface area (Å²) in [6.07, 6.45) is 5.41. The van der Waals surface area contributed by atoms with E-state index in [0.717, 1.165) is 11.1 Å². The average Bonchev–Trinajstić information content (AvgIpc) is 2.84. The van der Waals surface area contributed by atoms with Crippen molar-refractivity contribution in [2.45, 2.75) is 24.9 Å². The highest BCUT2D eigenvalue weighted by molar-refractivity contribution is 5.96. The number of amides is 2. The molecule has 2 aromatic carbocycles. The first-order chi connectivity index (χ1) is 15.5. The number of nitrogens with zero attached hydrogens (tertiary/aromatic N) is 2. The Morgan fingerprint density at radius 1 is 1.06 bits per heavy atom. The van der Waals surface area contributed by atoms with Gasteiger partial charge in [-0.2, -0.15) is 0 Å². The number of methoxy groups -OCH3 is 1. The number of hydrogen-bond acceptors (Lipinski definition) is 6. The van der Waals surface area contributed by atoms with Crippen LogP contribution in [0, 0.1) is 0 Å². The Morgan fingerprint density at radius 3 is 2.38 bits per heavy atom. The summed E-state index contributed by atoms with van der Waals surface area (Å²) in [4.78, 5) is 42.8. The van der Waals surface area contributed by atoms with Gasteiger partial charge in [0.15, 0.2) is 0 Å². The third-order valence-electron chi connectivity index (χ3n) is 5.06. The number of benzene rings is 2. The summed E-state index contributed by atoms with van der Waals surface area (Å²) in [7, 11) is 1.28. The van der Waals surface area contributed by atoms with Crippen molar-refractivity contribution in [2.75, 3.05) is 13.7 Å². The van der Waals surface area contributed by atoms with Gasteiger partial charge in [-0.3, -0.25) is 14.6 Å². The molecule has 2 atom stereocenters. The van der Waals surface area contributed by atoms with Crippen molar-refractivity contribution in [1.29, 1.82) is 0 Å². The molecule has 0 aromatic heterocycles. The van der Waals surface area contributed by atoms with E-state index in [-0.39, 0.29) is 12.3 Å². The number of hydrogen-bond donors (Lipinski definition) is 2. The number of ether oxygens (including phenoxy) is 1. The average molecular weight is 434 g/mol. The summed E-state index contributed by atoms with van der Waals surface area (Å²) in [5, 5.41) is 2.69. The highest BCUT2D eigenvalue weighted by atomic mass is 16.5. The minimum Gasteiger partial charge on any atom is -0.467 e. The van der Waals surface area contributed by atoms with Crippen LogP contribution in [-0.4, -0.2) is 54.6 Å². The molecular weight excluding hydrogens is 408 g/mol. The highest BCUT2D eigenvalue weighted by Gasteiger charge is 2.25. The zero-order valence-electron chi connectivity index (χ0n) is 17.8. The smallest absolute Gasteiger partial charge is 0.328 e.